The normalized spacial score (nSPS) is 14.5. The molecule has 0 bridgehead atoms. The van der Waals surface area contributed by atoms with Crippen LogP contribution in [-0.4, -0.2) is 29.9 Å². The van der Waals surface area contributed by atoms with E-state index in [1.165, 1.54) is 26.4 Å². The van der Waals surface area contributed by atoms with E-state index in [0.717, 1.165) is 21.9 Å². The monoisotopic (exact) mass is 498 g/mol. The highest BCUT2D eigenvalue weighted by atomic mass is 16.7. The number of ether oxygens (including phenoxy) is 4. The van der Waals surface area contributed by atoms with Gasteiger partial charge in [-0.15, -0.1) is 0 Å². The Hall–Kier alpha value is -5.12. The summed E-state index contributed by atoms with van der Waals surface area (Å²) in [7, 11) is 2.78. The second-order valence-electron chi connectivity index (χ2n) is 8.55. The van der Waals surface area contributed by atoms with E-state index in [4.69, 9.17) is 18.9 Å². The molecule has 0 aliphatic carbocycles. The fourth-order valence-corrected chi connectivity index (χ4v) is 4.78. The van der Waals surface area contributed by atoms with Crippen LogP contribution in [0.1, 0.15) is 11.1 Å². The van der Waals surface area contributed by atoms with Crippen LogP contribution in [0.4, 0.5) is 11.4 Å². The summed E-state index contributed by atoms with van der Waals surface area (Å²) in [5, 5.41) is 25.6. The zero-order valence-electron chi connectivity index (χ0n) is 19.6. The van der Waals surface area contributed by atoms with Gasteiger partial charge < -0.3 is 18.9 Å². The number of rotatable bonds is 4. The standard InChI is InChI=1S/C27H18N2O8/c1-34-25-13-19-15(11-21(25)28(30)31)3-5-23-17(19)7-9-27(36-23)10-8-18-20-14-26(35-2)22(29(32)33)12-16(20)4-6-24(18)37-27/h3-14H,1-2H3. The van der Waals surface area contributed by atoms with Crippen molar-refractivity contribution in [1.29, 1.82) is 0 Å². The minimum absolute atomic E-state index is 0.114. The molecule has 37 heavy (non-hydrogen) atoms. The molecule has 4 aromatic carbocycles. The largest absolute Gasteiger partial charge is 0.490 e. The molecule has 0 N–H and O–H groups in total. The van der Waals surface area contributed by atoms with Crippen molar-refractivity contribution in [2.75, 3.05) is 14.2 Å². The van der Waals surface area contributed by atoms with E-state index in [1.807, 2.05) is 12.2 Å². The molecule has 0 amide bonds. The highest BCUT2D eigenvalue weighted by Crippen LogP contribution is 2.45. The van der Waals surface area contributed by atoms with Crippen molar-refractivity contribution < 1.29 is 28.8 Å². The first-order valence-corrected chi connectivity index (χ1v) is 11.2. The van der Waals surface area contributed by atoms with Gasteiger partial charge in [-0.25, -0.2) is 0 Å². The molecule has 0 saturated heterocycles. The third-order valence-electron chi connectivity index (χ3n) is 6.54. The maximum Gasteiger partial charge on any atom is 0.311 e. The molecule has 6 rings (SSSR count). The molecule has 0 fully saturated rings. The summed E-state index contributed by atoms with van der Waals surface area (Å²) in [5.74, 6) is 0.181. The van der Waals surface area contributed by atoms with Crippen LogP contribution in [0, 0.1) is 20.2 Å². The molecule has 10 nitrogen and oxygen atoms in total. The molecule has 2 aliphatic rings. The molecular weight excluding hydrogens is 480 g/mol. The Kier molecular flexibility index (Phi) is 4.80. The lowest BCUT2D eigenvalue weighted by molar-refractivity contribution is -0.385. The number of nitro groups is 2. The first-order valence-electron chi connectivity index (χ1n) is 11.2. The highest BCUT2D eigenvalue weighted by Gasteiger charge is 2.37. The minimum atomic E-state index is -1.21. The number of nitro benzene ring substituents is 2. The summed E-state index contributed by atoms with van der Waals surface area (Å²) < 4.78 is 23.1. The molecular formula is C27H18N2O8. The zero-order chi connectivity index (χ0) is 25.9. The van der Waals surface area contributed by atoms with Crippen molar-refractivity contribution in [3.05, 3.63) is 92.0 Å². The number of benzene rings is 4. The fraction of sp³-hybridized carbons (Fsp3) is 0.111. The van der Waals surface area contributed by atoms with E-state index in [1.54, 1.807) is 48.6 Å². The second kappa shape index (κ2) is 7.95. The SMILES string of the molecule is COc1cc2c3c(ccc2cc1[N+](=O)[O-])OC1(C=C3)C=Cc2c(ccc3cc([N+](=O)[O-])c(OC)cc23)O1. The zero-order valence-corrected chi connectivity index (χ0v) is 19.6. The fourth-order valence-electron chi connectivity index (χ4n) is 4.78. The van der Waals surface area contributed by atoms with Gasteiger partial charge in [-0.2, -0.15) is 0 Å². The van der Waals surface area contributed by atoms with Crippen molar-refractivity contribution in [2.24, 2.45) is 0 Å². The third kappa shape index (κ3) is 3.41. The van der Waals surface area contributed by atoms with Gasteiger partial charge in [0.2, 0.25) is 0 Å². The summed E-state index contributed by atoms with van der Waals surface area (Å²) in [6.45, 7) is 0. The Bertz CT molecular complexity index is 1600. The van der Waals surface area contributed by atoms with Gasteiger partial charge in [0, 0.05) is 35.4 Å². The predicted octanol–water partition coefficient (Wildman–Crippen LogP) is 6.03. The van der Waals surface area contributed by atoms with Crippen molar-refractivity contribution in [2.45, 2.75) is 5.79 Å². The summed E-state index contributed by atoms with van der Waals surface area (Å²) in [6.07, 6.45) is 7.25. The van der Waals surface area contributed by atoms with Gasteiger partial charge in [0.1, 0.15) is 11.5 Å². The van der Waals surface area contributed by atoms with E-state index in [0.29, 0.717) is 22.3 Å². The molecule has 4 aromatic rings. The van der Waals surface area contributed by atoms with Gasteiger partial charge in [0.15, 0.2) is 11.5 Å². The Balaban J connectivity index is 1.41. The quantitative estimate of drug-likeness (QED) is 0.247. The van der Waals surface area contributed by atoms with Crippen molar-refractivity contribution in [3.63, 3.8) is 0 Å². The molecule has 0 aromatic heterocycles. The third-order valence-corrected chi connectivity index (χ3v) is 6.54. The number of methoxy groups -OCH3 is 2. The van der Waals surface area contributed by atoms with Crippen molar-refractivity contribution in [3.8, 4) is 23.0 Å². The summed E-state index contributed by atoms with van der Waals surface area (Å²) in [5.41, 5.74) is 1.26. The average molecular weight is 498 g/mol. The minimum Gasteiger partial charge on any atom is -0.490 e. The predicted molar refractivity (Wildman–Crippen MR) is 136 cm³/mol. The van der Waals surface area contributed by atoms with Crippen LogP contribution in [0.25, 0.3) is 33.7 Å². The van der Waals surface area contributed by atoms with E-state index < -0.39 is 15.6 Å². The molecule has 10 heteroatoms. The molecule has 2 heterocycles. The Morgan fingerprint density at radius 2 is 1.14 bits per heavy atom. The van der Waals surface area contributed by atoms with E-state index in [-0.39, 0.29) is 22.9 Å². The smallest absolute Gasteiger partial charge is 0.311 e. The summed E-state index contributed by atoms with van der Waals surface area (Å²) >= 11 is 0. The first kappa shape index (κ1) is 22.4. The second-order valence-corrected chi connectivity index (χ2v) is 8.55. The Morgan fingerprint density at radius 3 is 1.51 bits per heavy atom. The van der Waals surface area contributed by atoms with Gasteiger partial charge >= 0.3 is 11.4 Å². The lowest BCUT2D eigenvalue weighted by Gasteiger charge is -2.35. The molecule has 0 unspecified atom stereocenters. The number of hydrogen-bond acceptors (Lipinski definition) is 8. The van der Waals surface area contributed by atoms with Crippen LogP contribution in [0.15, 0.2) is 60.7 Å². The van der Waals surface area contributed by atoms with Crippen LogP contribution in [0.5, 0.6) is 23.0 Å². The summed E-state index contributed by atoms with van der Waals surface area (Å²) in [4.78, 5) is 21.9. The number of fused-ring (bicyclic) bond motifs is 6. The van der Waals surface area contributed by atoms with Crippen LogP contribution >= 0.6 is 0 Å². The molecule has 2 aliphatic heterocycles. The molecule has 0 radical (unpaired) electrons. The van der Waals surface area contributed by atoms with Crippen molar-refractivity contribution >= 4 is 45.1 Å². The molecule has 1 spiro atoms. The van der Waals surface area contributed by atoms with Crippen molar-refractivity contribution in [1.82, 2.24) is 0 Å². The Labute approximate surface area is 209 Å². The van der Waals surface area contributed by atoms with Gasteiger partial charge in [0.25, 0.3) is 5.79 Å². The van der Waals surface area contributed by atoms with Crippen LogP contribution in [-0.2, 0) is 0 Å². The van der Waals surface area contributed by atoms with Crippen LogP contribution in [0.2, 0.25) is 0 Å². The number of hydrogen-bond donors (Lipinski definition) is 0. The van der Waals surface area contributed by atoms with Gasteiger partial charge in [-0.05, 0) is 58.0 Å². The number of nitrogens with zero attached hydrogens (tertiary/aromatic N) is 2. The molecule has 184 valence electrons. The highest BCUT2D eigenvalue weighted by molar-refractivity contribution is 5.98. The molecule has 0 atom stereocenters. The first-order chi connectivity index (χ1) is 17.8. The van der Waals surface area contributed by atoms with E-state index in [9.17, 15) is 20.2 Å². The topological polar surface area (TPSA) is 123 Å². The maximum atomic E-state index is 11.4. The lowest BCUT2D eigenvalue weighted by Crippen LogP contribution is -2.41. The van der Waals surface area contributed by atoms with Crippen LogP contribution < -0.4 is 18.9 Å². The van der Waals surface area contributed by atoms with Gasteiger partial charge in [-0.1, -0.05) is 12.1 Å². The molecule has 0 saturated carbocycles. The maximum absolute atomic E-state index is 11.4. The van der Waals surface area contributed by atoms with Gasteiger partial charge in [-0.3, -0.25) is 20.2 Å². The average Bonchev–Trinajstić information content (AvgIpc) is 2.90. The lowest BCUT2D eigenvalue weighted by atomic mass is 9.96. The van der Waals surface area contributed by atoms with Gasteiger partial charge in [0.05, 0.1) is 24.1 Å². The van der Waals surface area contributed by atoms with Crippen LogP contribution in [0.3, 0.4) is 0 Å². The Morgan fingerprint density at radius 1 is 0.703 bits per heavy atom. The van der Waals surface area contributed by atoms with E-state index >= 15 is 0 Å². The summed E-state index contributed by atoms with van der Waals surface area (Å²) in [6, 6.07) is 13.2. The van der Waals surface area contributed by atoms with E-state index in [2.05, 4.69) is 0 Å².